The monoisotopic (exact) mass is 265 g/mol. The highest BCUT2D eigenvalue weighted by Gasteiger charge is 2.10. The number of nitrogens with zero attached hydrogens (tertiary/aromatic N) is 2. The number of aromatic nitrogens is 1. The minimum Gasteiger partial charge on any atom is -0.328 e. The Hall–Kier alpha value is -1.65. The molecular weight excluding hydrogens is 253 g/mol. The van der Waals surface area contributed by atoms with E-state index < -0.39 is 0 Å². The van der Waals surface area contributed by atoms with Gasteiger partial charge in [-0.2, -0.15) is 0 Å². The maximum Gasteiger partial charge on any atom is 0.151 e. The quantitative estimate of drug-likeness (QED) is 0.927. The first kappa shape index (κ1) is 12.8. The molecule has 2 N–H and O–H groups in total. The average molecular weight is 266 g/mol. The van der Waals surface area contributed by atoms with Crippen molar-refractivity contribution in [3.8, 4) is 0 Å². The molecule has 5 heteroatoms. The zero-order valence-corrected chi connectivity index (χ0v) is 10.7. The van der Waals surface area contributed by atoms with E-state index in [2.05, 4.69) is 4.98 Å². The first-order valence-corrected chi connectivity index (χ1v) is 5.83. The van der Waals surface area contributed by atoms with Crippen LogP contribution in [0.2, 0.25) is 5.02 Å². The van der Waals surface area contributed by atoms with Gasteiger partial charge in [-0.25, -0.2) is 9.37 Å². The normalized spacial score (nSPS) is 10.4. The van der Waals surface area contributed by atoms with Crippen LogP contribution in [0.25, 0.3) is 0 Å². The second kappa shape index (κ2) is 5.33. The summed E-state index contributed by atoms with van der Waals surface area (Å²) in [7, 11) is 1.82. The fourth-order valence-electron chi connectivity index (χ4n) is 1.62. The maximum atomic E-state index is 12.9. The molecule has 0 saturated carbocycles. The van der Waals surface area contributed by atoms with E-state index in [1.165, 1.54) is 12.1 Å². The van der Waals surface area contributed by atoms with E-state index in [9.17, 15) is 4.39 Å². The molecule has 0 saturated heterocycles. The topological polar surface area (TPSA) is 42.2 Å². The molecule has 1 aromatic carbocycles. The second-order valence-corrected chi connectivity index (χ2v) is 4.30. The van der Waals surface area contributed by atoms with Gasteiger partial charge in [0.2, 0.25) is 0 Å². The highest BCUT2D eigenvalue weighted by Crippen LogP contribution is 2.28. The molecule has 3 nitrogen and oxygen atoms in total. The number of hydrogen-bond donors (Lipinski definition) is 1. The van der Waals surface area contributed by atoms with E-state index >= 15 is 0 Å². The van der Waals surface area contributed by atoms with Crippen molar-refractivity contribution in [3.05, 3.63) is 52.9 Å². The van der Waals surface area contributed by atoms with Crippen LogP contribution < -0.4 is 10.6 Å². The highest BCUT2D eigenvalue weighted by molar-refractivity contribution is 6.33. The molecule has 18 heavy (non-hydrogen) atoms. The molecule has 0 spiro atoms. The van der Waals surface area contributed by atoms with Crippen LogP contribution in [-0.4, -0.2) is 12.0 Å². The van der Waals surface area contributed by atoms with Crippen LogP contribution in [0, 0.1) is 5.82 Å². The molecule has 0 atom stereocenters. The number of benzene rings is 1. The van der Waals surface area contributed by atoms with Crippen molar-refractivity contribution in [2.45, 2.75) is 6.54 Å². The van der Waals surface area contributed by atoms with Gasteiger partial charge in [-0.1, -0.05) is 11.6 Å². The van der Waals surface area contributed by atoms with Crippen LogP contribution >= 0.6 is 11.6 Å². The Kier molecular flexibility index (Phi) is 3.79. The van der Waals surface area contributed by atoms with Gasteiger partial charge in [0, 0.05) is 25.5 Å². The third-order valence-corrected chi connectivity index (χ3v) is 2.92. The van der Waals surface area contributed by atoms with Gasteiger partial charge in [0.05, 0.1) is 5.02 Å². The summed E-state index contributed by atoms with van der Waals surface area (Å²) in [6, 6.07) is 7.92. The first-order chi connectivity index (χ1) is 8.61. The van der Waals surface area contributed by atoms with E-state index in [1.807, 2.05) is 7.05 Å². The minimum absolute atomic E-state index is 0.273. The zero-order valence-electron chi connectivity index (χ0n) is 9.90. The third kappa shape index (κ3) is 2.60. The van der Waals surface area contributed by atoms with Crippen molar-refractivity contribution in [1.82, 2.24) is 4.98 Å². The van der Waals surface area contributed by atoms with E-state index in [0.717, 1.165) is 11.3 Å². The first-order valence-electron chi connectivity index (χ1n) is 5.45. The number of hydrogen-bond acceptors (Lipinski definition) is 3. The van der Waals surface area contributed by atoms with Crippen LogP contribution in [-0.2, 0) is 6.54 Å². The fourth-order valence-corrected chi connectivity index (χ4v) is 1.93. The molecule has 0 amide bonds. The van der Waals surface area contributed by atoms with Crippen LogP contribution in [0.3, 0.4) is 0 Å². The predicted molar refractivity (Wildman–Crippen MR) is 71.6 cm³/mol. The van der Waals surface area contributed by atoms with Gasteiger partial charge >= 0.3 is 0 Å². The molecule has 2 aromatic rings. The fraction of sp³-hybridized carbons (Fsp3) is 0.154. The summed E-state index contributed by atoms with van der Waals surface area (Å²) in [6.45, 7) is 0.396. The number of anilines is 2. The Morgan fingerprint density at radius 2 is 2.00 bits per heavy atom. The SMILES string of the molecule is CN(c1ccc(F)cc1)c1ncc(CN)cc1Cl. The van der Waals surface area contributed by atoms with E-state index in [0.29, 0.717) is 17.4 Å². The van der Waals surface area contributed by atoms with Crippen molar-refractivity contribution in [3.63, 3.8) is 0 Å². The lowest BCUT2D eigenvalue weighted by molar-refractivity contribution is 0.628. The Bertz CT molecular complexity index is 542. The average Bonchev–Trinajstić information content (AvgIpc) is 2.38. The summed E-state index contributed by atoms with van der Waals surface area (Å²) < 4.78 is 12.9. The Balaban J connectivity index is 2.33. The van der Waals surface area contributed by atoms with Crippen molar-refractivity contribution in [2.75, 3.05) is 11.9 Å². The van der Waals surface area contributed by atoms with Crippen LogP contribution in [0.1, 0.15) is 5.56 Å². The Morgan fingerprint density at radius 1 is 1.33 bits per heavy atom. The van der Waals surface area contributed by atoms with Gasteiger partial charge in [0.1, 0.15) is 5.82 Å². The summed E-state index contributed by atoms with van der Waals surface area (Å²) >= 11 is 6.15. The van der Waals surface area contributed by atoms with Gasteiger partial charge in [0.15, 0.2) is 5.82 Å². The Labute approximate surface area is 110 Å². The molecule has 1 aromatic heterocycles. The van der Waals surface area contributed by atoms with Gasteiger partial charge in [-0.15, -0.1) is 0 Å². The molecule has 0 fully saturated rings. The molecule has 0 aliphatic heterocycles. The van der Waals surface area contributed by atoms with Gasteiger partial charge < -0.3 is 10.6 Å². The van der Waals surface area contributed by atoms with Gasteiger partial charge in [-0.3, -0.25) is 0 Å². The molecule has 94 valence electrons. The van der Waals surface area contributed by atoms with Crippen molar-refractivity contribution in [2.24, 2.45) is 5.73 Å². The third-order valence-electron chi connectivity index (χ3n) is 2.65. The van der Waals surface area contributed by atoms with E-state index in [-0.39, 0.29) is 5.82 Å². The molecule has 0 radical (unpaired) electrons. The Morgan fingerprint density at radius 3 is 2.56 bits per heavy atom. The molecule has 0 bridgehead atoms. The molecule has 0 aliphatic rings. The molecule has 0 aliphatic carbocycles. The molecule has 2 rings (SSSR count). The largest absolute Gasteiger partial charge is 0.328 e. The summed E-state index contributed by atoms with van der Waals surface area (Å²) in [4.78, 5) is 6.06. The van der Waals surface area contributed by atoms with Crippen molar-refractivity contribution in [1.29, 1.82) is 0 Å². The summed E-state index contributed by atoms with van der Waals surface area (Å²) in [5.41, 5.74) is 7.20. The maximum absolute atomic E-state index is 12.9. The number of rotatable bonds is 3. The number of nitrogens with two attached hydrogens (primary N) is 1. The standard InChI is InChI=1S/C13H13ClFN3/c1-18(11-4-2-10(15)3-5-11)13-12(14)6-9(7-16)8-17-13/h2-6,8H,7,16H2,1H3. The number of pyridine rings is 1. The van der Waals surface area contributed by atoms with Crippen LogP contribution in [0.5, 0.6) is 0 Å². The minimum atomic E-state index is -0.273. The zero-order chi connectivity index (χ0) is 13.1. The molecular formula is C13H13ClFN3. The van der Waals surface area contributed by atoms with Crippen LogP contribution in [0.15, 0.2) is 36.5 Å². The van der Waals surface area contributed by atoms with E-state index in [4.69, 9.17) is 17.3 Å². The smallest absolute Gasteiger partial charge is 0.151 e. The summed E-state index contributed by atoms with van der Waals surface area (Å²) in [5.74, 6) is 0.338. The van der Waals surface area contributed by atoms with Crippen molar-refractivity contribution < 1.29 is 4.39 Å². The van der Waals surface area contributed by atoms with Gasteiger partial charge in [-0.05, 0) is 35.9 Å². The lowest BCUT2D eigenvalue weighted by atomic mass is 10.2. The van der Waals surface area contributed by atoms with E-state index in [1.54, 1.807) is 29.3 Å². The van der Waals surface area contributed by atoms with Crippen molar-refractivity contribution >= 4 is 23.1 Å². The lowest BCUT2D eigenvalue weighted by Crippen LogP contribution is -2.12. The van der Waals surface area contributed by atoms with Crippen LogP contribution in [0.4, 0.5) is 15.9 Å². The summed E-state index contributed by atoms with van der Waals surface area (Å²) in [5, 5.41) is 0.518. The summed E-state index contributed by atoms with van der Waals surface area (Å²) in [6.07, 6.45) is 1.68. The van der Waals surface area contributed by atoms with Gasteiger partial charge in [0.25, 0.3) is 0 Å². The second-order valence-electron chi connectivity index (χ2n) is 3.89. The highest BCUT2D eigenvalue weighted by atomic mass is 35.5. The molecule has 1 heterocycles. The number of halogens is 2. The predicted octanol–water partition coefficient (Wildman–Crippen LogP) is 3.10. The molecule has 0 unspecified atom stereocenters. The lowest BCUT2D eigenvalue weighted by Gasteiger charge is -2.19.